The van der Waals surface area contributed by atoms with Crippen molar-refractivity contribution in [3.05, 3.63) is 33.5 Å². The van der Waals surface area contributed by atoms with Crippen molar-refractivity contribution in [2.24, 2.45) is 0 Å². The first-order chi connectivity index (χ1) is 8.47. The maximum absolute atomic E-state index is 6.32. The van der Waals surface area contributed by atoms with Gasteiger partial charge in [-0.1, -0.05) is 18.5 Å². The predicted molar refractivity (Wildman–Crippen MR) is 77.5 cm³/mol. The highest BCUT2D eigenvalue weighted by Crippen LogP contribution is 2.36. The van der Waals surface area contributed by atoms with Crippen molar-refractivity contribution in [2.45, 2.75) is 40.7 Å². The zero-order valence-electron chi connectivity index (χ0n) is 11.6. The van der Waals surface area contributed by atoms with Gasteiger partial charge in [-0.3, -0.25) is 0 Å². The third-order valence-electron chi connectivity index (χ3n) is 3.51. The van der Waals surface area contributed by atoms with E-state index in [1.807, 2.05) is 13.0 Å². The van der Waals surface area contributed by atoms with E-state index in [-0.39, 0.29) is 6.04 Å². The summed E-state index contributed by atoms with van der Waals surface area (Å²) in [5, 5.41) is 5.38. The first-order valence-electron chi connectivity index (χ1n) is 6.39. The Kier molecular flexibility index (Phi) is 3.69. The van der Waals surface area contributed by atoms with Gasteiger partial charge in [0.15, 0.2) is 0 Å². The third-order valence-corrected chi connectivity index (χ3v) is 4.09. The fraction of sp³-hybridized carbons (Fsp3) is 0.467. The molecule has 1 atom stereocenters. The molecule has 1 heterocycles. The van der Waals surface area contributed by atoms with Gasteiger partial charge in [0.25, 0.3) is 0 Å². The highest BCUT2D eigenvalue weighted by Gasteiger charge is 2.19. The predicted octanol–water partition coefficient (Wildman–Crippen LogP) is 4.68. The Bertz CT molecular complexity index is 586. The summed E-state index contributed by atoms with van der Waals surface area (Å²) in [6.45, 7) is 11.3. The van der Waals surface area contributed by atoms with Gasteiger partial charge >= 0.3 is 0 Å². The topological polar surface area (TPSA) is 25.2 Å². The number of hydrogen-bond acceptors (Lipinski definition) is 2. The summed E-state index contributed by atoms with van der Waals surface area (Å²) in [4.78, 5) is 0. The summed E-state index contributed by atoms with van der Waals surface area (Å²) in [5.41, 5.74) is 4.31. The van der Waals surface area contributed by atoms with Crippen molar-refractivity contribution < 1.29 is 4.42 Å². The molecule has 1 aromatic carbocycles. The molecule has 2 aromatic rings. The molecule has 18 heavy (non-hydrogen) atoms. The van der Waals surface area contributed by atoms with Crippen LogP contribution in [0.3, 0.4) is 0 Å². The molecule has 0 fully saturated rings. The van der Waals surface area contributed by atoms with E-state index in [2.05, 4.69) is 33.0 Å². The molecular formula is C15H20ClNO. The van der Waals surface area contributed by atoms with Crippen LogP contribution < -0.4 is 5.32 Å². The smallest absolute Gasteiger partial charge is 0.135 e. The molecule has 0 amide bonds. The fourth-order valence-corrected chi connectivity index (χ4v) is 2.75. The molecular weight excluding hydrogens is 246 g/mol. The normalized spacial score (nSPS) is 13.2. The number of furan rings is 1. The number of benzene rings is 1. The second-order valence-corrected chi connectivity index (χ2v) is 5.25. The molecule has 0 radical (unpaired) electrons. The summed E-state index contributed by atoms with van der Waals surface area (Å²) in [6.07, 6.45) is 0. The van der Waals surface area contributed by atoms with Crippen molar-refractivity contribution in [3.8, 4) is 0 Å². The Morgan fingerprint density at radius 3 is 2.56 bits per heavy atom. The molecule has 2 rings (SSSR count). The number of halogens is 1. The zero-order chi connectivity index (χ0) is 13.4. The molecule has 0 saturated carbocycles. The van der Waals surface area contributed by atoms with Gasteiger partial charge in [-0.15, -0.1) is 0 Å². The van der Waals surface area contributed by atoms with Gasteiger partial charge in [0.2, 0.25) is 0 Å². The van der Waals surface area contributed by atoms with Crippen LogP contribution in [0.25, 0.3) is 11.0 Å². The quantitative estimate of drug-likeness (QED) is 0.872. The second-order valence-electron chi connectivity index (χ2n) is 4.88. The maximum Gasteiger partial charge on any atom is 0.135 e. The van der Waals surface area contributed by atoms with E-state index in [9.17, 15) is 0 Å². The highest BCUT2D eigenvalue weighted by molar-refractivity contribution is 6.33. The van der Waals surface area contributed by atoms with Crippen LogP contribution in [-0.4, -0.2) is 6.54 Å². The first kappa shape index (κ1) is 13.4. The summed E-state index contributed by atoms with van der Waals surface area (Å²) < 4.78 is 6.01. The Labute approximate surface area is 113 Å². The van der Waals surface area contributed by atoms with Crippen molar-refractivity contribution >= 4 is 22.6 Å². The fourth-order valence-electron chi connectivity index (χ4n) is 2.60. The molecule has 0 aliphatic heterocycles. The molecule has 0 spiro atoms. The molecule has 3 heteroatoms. The minimum atomic E-state index is 0.223. The lowest BCUT2D eigenvalue weighted by molar-refractivity contribution is 0.456. The van der Waals surface area contributed by atoms with Crippen molar-refractivity contribution in [2.75, 3.05) is 6.54 Å². The van der Waals surface area contributed by atoms with E-state index in [1.165, 1.54) is 5.56 Å². The Hall–Kier alpha value is -0.990. The van der Waals surface area contributed by atoms with E-state index >= 15 is 0 Å². The molecule has 1 unspecified atom stereocenters. The SMILES string of the molecule is CCNC(C)c1oc2cc(C)c(Cl)c(C)c2c1C. The van der Waals surface area contributed by atoms with Crippen LogP contribution in [0.5, 0.6) is 0 Å². The van der Waals surface area contributed by atoms with Gasteiger partial charge in [0.05, 0.1) is 6.04 Å². The molecule has 1 N–H and O–H groups in total. The minimum absolute atomic E-state index is 0.223. The summed E-state index contributed by atoms with van der Waals surface area (Å²) in [7, 11) is 0. The van der Waals surface area contributed by atoms with Crippen LogP contribution in [0.1, 0.15) is 42.3 Å². The number of aryl methyl sites for hydroxylation is 3. The average molecular weight is 266 g/mol. The van der Waals surface area contributed by atoms with E-state index < -0.39 is 0 Å². The largest absolute Gasteiger partial charge is 0.459 e. The van der Waals surface area contributed by atoms with Crippen molar-refractivity contribution in [1.29, 1.82) is 0 Å². The van der Waals surface area contributed by atoms with Crippen molar-refractivity contribution in [1.82, 2.24) is 5.32 Å². The monoisotopic (exact) mass is 265 g/mol. The van der Waals surface area contributed by atoms with Gasteiger partial charge < -0.3 is 9.73 Å². The Morgan fingerprint density at radius 2 is 1.94 bits per heavy atom. The lowest BCUT2D eigenvalue weighted by atomic mass is 10.0. The molecule has 0 saturated heterocycles. The molecule has 0 aliphatic rings. The Morgan fingerprint density at radius 1 is 1.28 bits per heavy atom. The van der Waals surface area contributed by atoms with E-state index in [0.29, 0.717) is 0 Å². The number of rotatable bonds is 3. The Balaban J connectivity index is 2.67. The summed E-state index contributed by atoms with van der Waals surface area (Å²) in [6, 6.07) is 2.25. The maximum atomic E-state index is 6.32. The molecule has 0 bridgehead atoms. The summed E-state index contributed by atoms with van der Waals surface area (Å²) >= 11 is 6.32. The second kappa shape index (κ2) is 4.94. The van der Waals surface area contributed by atoms with E-state index in [1.54, 1.807) is 0 Å². The first-order valence-corrected chi connectivity index (χ1v) is 6.77. The average Bonchev–Trinajstić information content (AvgIpc) is 2.64. The van der Waals surface area contributed by atoms with Crippen LogP contribution in [0.15, 0.2) is 10.5 Å². The van der Waals surface area contributed by atoms with Crippen molar-refractivity contribution in [3.63, 3.8) is 0 Å². The van der Waals surface area contributed by atoms with Crippen LogP contribution in [-0.2, 0) is 0 Å². The lowest BCUT2D eigenvalue weighted by Gasteiger charge is -2.09. The van der Waals surface area contributed by atoms with Crippen LogP contribution >= 0.6 is 11.6 Å². The highest BCUT2D eigenvalue weighted by atomic mass is 35.5. The van der Waals surface area contributed by atoms with Gasteiger partial charge in [0.1, 0.15) is 11.3 Å². The summed E-state index contributed by atoms with van der Waals surface area (Å²) in [5.74, 6) is 1.01. The molecule has 98 valence electrons. The standard InChI is InChI=1S/C15H20ClNO/c1-6-17-11(5)15-10(4)13-9(3)14(16)8(2)7-12(13)18-15/h7,11,17H,6H2,1-5H3. The number of hydrogen-bond donors (Lipinski definition) is 1. The van der Waals surface area contributed by atoms with Crippen LogP contribution in [0.4, 0.5) is 0 Å². The van der Waals surface area contributed by atoms with Crippen LogP contribution in [0.2, 0.25) is 5.02 Å². The third kappa shape index (κ3) is 2.04. The minimum Gasteiger partial charge on any atom is -0.459 e. The van der Waals surface area contributed by atoms with E-state index in [0.717, 1.165) is 39.4 Å². The number of nitrogens with one attached hydrogen (secondary N) is 1. The lowest BCUT2D eigenvalue weighted by Crippen LogP contribution is -2.17. The van der Waals surface area contributed by atoms with Gasteiger partial charge in [-0.05, 0) is 51.4 Å². The van der Waals surface area contributed by atoms with Gasteiger partial charge in [-0.25, -0.2) is 0 Å². The molecule has 1 aromatic heterocycles. The van der Waals surface area contributed by atoms with E-state index in [4.69, 9.17) is 16.0 Å². The zero-order valence-corrected chi connectivity index (χ0v) is 12.4. The number of fused-ring (bicyclic) bond motifs is 1. The molecule has 2 nitrogen and oxygen atoms in total. The van der Waals surface area contributed by atoms with Gasteiger partial charge in [0, 0.05) is 16.0 Å². The van der Waals surface area contributed by atoms with Gasteiger partial charge in [-0.2, -0.15) is 0 Å². The molecule has 0 aliphatic carbocycles. The van der Waals surface area contributed by atoms with Crippen LogP contribution in [0, 0.1) is 20.8 Å².